The maximum Gasteiger partial charge on any atom is 0.323 e. The molecule has 2 aromatic rings. The first-order valence-corrected chi connectivity index (χ1v) is 10.4. The molecule has 0 unspecified atom stereocenters. The van der Waals surface area contributed by atoms with Gasteiger partial charge in [-0.15, -0.1) is 0 Å². The van der Waals surface area contributed by atoms with Crippen LogP contribution in [0.3, 0.4) is 0 Å². The van der Waals surface area contributed by atoms with E-state index < -0.39 is 44.2 Å². The number of fused-ring (bicyclic) bond motifs is 1. The van der Waals surface area contributed by atoms with Gasteiger partial charge in [0.15, 0.2) is 22.3 Å². The first kappa shape index (κ1) is 18.1. The Labute approximate surface area is 150 Å². The van der Waals surface area contributed by atoms with Gasteiger partial charge in [0.25, 0.3) is 15.9 Å². The van der Waals surface area contributed by atoms with Crippen LogP contribution in [-0.2, 0) is 29.4 Å². The van der Waals surface area contributed by atoms with Gasteiger partial charge in [0.1, 0.15) is 4.90 Å². The molecule has 136 valence electrons. The van der Waals surface area contributed by atoms with Gasteiger partial charge < -0.3 is 4.74 Å². The van der Waals surface area contributed by atoms with Crippen molar-refractivity contribution in [3.8, 4) is 0 Å². The minimum atomic E-state index is -4.13. The number of sulfone groups is 1. The highest BCUT2D eigenvalue weighted by atomic mass is 32.2. The Morgan fingerprint density at radius 3 is 2.27 bits per heavy atom. The fourth-order valence-electron chi connectivity index (χ4n) is 2.40. The molecular weight excluding hydrogens is 382 g/mol. The van der Waals surface area contributed by atoms with Crippen molar-refractivity contribution >= 4 is 31.7 Å². The summed E-state index contributed by atoms with van der Waals surface area (Å²) in [5.41, 5.74) is -0.0274. The van der Waals surface area contributed by atoms with E-state index in [4.69, 9.17) is 4.74 Å². The van der Waals surface area contributed by atoms with Gasteiger partial charge in [-0.25, -0.2) is 16.8 Å². The number of hydrogen-bond acceptors (Lipinski definition) is 7. The molecule has 0 spiro atoms. The Balaban J connectivity index is 1.70. The predicted molar refractivity (Wildman–Crippen MR) is 89.3 cm³/mol. The van der Waals surface area contributed by atoms with Crippen molar-refractivity contribution in [3.05, 3.63) is 60.2 Å². The number of sulfonamides is 1. The largest absolute Gasteiger partial charge is 0.442 e. The minimum absolute atomic E-state index is 0.0274. The summed E-state index contributed by atoms with van der Waals surface area (Å²) in [6.45, 7) is -0.890. The molecule has 0 aliphatic carbocycles. The van der Waals surface area contributed by atoms with E-state index in [1.165, 1.54) is 48.5 Å². The molecule has 1 aliphatic heterocycles. The highest BCUT2D eigenvalue weighted by molar-refractivity contribution is 7.92. The van der Waals surface area contributed by atoms with Crippen LogP contribution in [0.1, 0.15) is 10.4 Å². The van der Waals surface area contributed by atoms with Gasteiger partial charge in [0.05, 0.1) is 10.5 Å². The van der Waals surface area contributed by atoms with E-state index >= 15 is 0 Å². The molecule has 0 radical (unpaired) electrons. The van der Waals surface area contributed by atoms with Crippen LogP contribution in [0.25, 0.3) is 0 Å². The van der Waals surface area contributed by atoms with Crippen LogP contribution < -0.4 is 0 Å². The zero-order chi connectivity index (χ0) is 18.9. The zero-order valence-electron chi connectivity index (χ0n) is 13.2. The van der Waals surface area contributed by atoms with Gasteiger partial charge >= 0.3 is 5.97 Å². The van der Waals surface area contributed by atoms with Crippen molar-refractivity contribution in [1.29, 1.82) is 0 Å². The SMILES string of the molecule is O=C(CS(=O)(=O)c1ccccc1)OCN1C(=O)c2ccccc2S1(=O)=O. The van der Waals surface area contributed by atoms with E-state index in [1.807, 2.05) is 0 Å². The van der Waals surface area contributed by atoms with Gasteiger partial charge in [-0.2, -0.15) is 4.31 Å². The number of nitrogens with zero attached hydrogens (tertiary/aromatic N) is 1. The summed E-state index contributed by atoms with van der Waals surface area (Å²) in [5, 5.41) is 0. The Hall–Kier alpha value is -2.72. The average molecular weight is 395 g/mol. The molecule has 26 heavy (non-hydrogen) atoms. The zero-order valence-corrected chi connectivity index (χ0v) is 14.9. The number of hydrogen-bond donors (Lipinski definition) is 0. The molecule has 1 amide bonds. The Kier molecular flexibility index (Phi) is 4.55. The van der Waals surface area contributed by atoms with Crippen molar-refractivity contribution < 1.29 is 31.2 Å². The Bertz CT molecular complexity index is 1080. The van der Waals surface area contributed by atoms with Crippen LogP contribution in [-0.4, -0.2) is 45.5 Å². The molecule has 2 aromatic carbocycles. The van der Waals surface area contributed by atoms with Crippen molar-refractivity contribution in [2.45, 2.75) is 9.79 Å². The van der Waals surface area contributed by atoms with Crippen LogP contribution in [0.15, 0.2) is 64.4 Å². The number of ether oxygens (including phenoxy) is 1. The molecule has 0 bridgehead atoms. The third-order valence-corrected chi connectivity index (χ3v) is 7.03. The summed E-state index contributed by atoms with van der Waals surface area (Å²) < 4.78 is 54.0. The maximum atomic E-state index is 12.3. The van der Waals surface area contributed by atoms with E-state index in [9.17, 15) is 26.4 Å². The number of esters is 1. The van der Waals surface area contributed by atoms with Gasteiger partial charge in [0, 0.05) is 0 Å². The van der Waals surface area contributed by atoms with Crippen molar-refractivity contribution in [1.82, 2.24) is 4.31 Å². The fourth-order valence-corrected chi connectivity index (χ4v) is 4.96. The molecule has 8 nitrogen and oxygen atoms in total. The fraction of sp³-hybridized carbons (Fsp3) is 0.125. The van der Waals surface area contributed by atoms with Crippen LogP contribution >= 0.6 is 0 Å². The second-order valence-corrected chi connectivity index (χ2v) is 9.19. The van der Waals surface area contributed by atoms with Crippen LogP contribution in [0.4, 0.5) is 0 Å². The van der Waals surface area contributed by atoms with Gasteiger partial charge in [0.2, 0.25) is 0 Å². The normalized spacial score (nSPS) is 15.5. The maximum absolute atomic E-state index is 12.3. The second kappa shape index (κ2) is 6.54. The average Bonchev–Trinajstić information content (AvgIpc) is 2.80. The number of amides is 1. The molecular formula is C16H13NO7S2. The van der Waals surface area contributed by atoms with E-state index in [1.54, 1.807) is 6.07 Å². The number of carbonyl (C=O) groups is 2. The first-order chi connectivity index (χ1) is 12.2. The standard InChI is InChI=1S/C16H13NO7S2/c18-15(10-25(20,21)12-6-2-1-3-7-12)24-11-17-16(19)13-8-4-5-9-14(13)26(17,22)23/h1-9H,10-11H2. The van der Waals surface area contributed by atoms with E-state index in [0.29, 0.717) is 4.31 Å². The molecule has 0 saturated carbocycles. The molecule has 10 heteroatoms. The van der Waals surface area contributed by atoms with Crippen molar-refractivity contribution in [2.75, 3.05) is 12.5 Å². The smallest absolute Gasteiger partial charge is 0.323 e. The van der Waals surface area contributed by atoms with Crippen molar-refractivity contribution in [2.24, 2.45) is 0 Å². The monoisotopic (exact) mass is 395 g/mol. The second-order valence-electron chi connectivity index (χ2n) is 5.37. The molecule has 3 rings (SSSR count). The third kappa shape index (κ3) is 3.20. The lowest BCUT2D eigenvalue weighted by atomic mass is 10.2. The summed E-state index contributed by atoms with van der Waals surface area (Å²) in [7, 11) is -8.06. The molecule has 0 fully saturated rings. The van der Waals surface area contributed by atoms with E-state index in [0.717, 1.165) is 0 Å². The molecule has 1 aliphatic rings. The molecule has 0 saturated heterocycles. The van der Waals surface area contributed by atoms with Gasteiger partial charge in [-0.05, 0) is 24.3 Å². The molecule has 0 aromatic heterocycles. The molecule has 0 N–H and O–H groups in total. The lowest BCUT2D eigenvalue weighted by Crippen LogP contribution is -2.34. The van der Waals surface area contributed by atoms with Gasteiger partial charge in [-0.3, -0.25) is 9.59 Å². The first-order valence-electron chi connectivity index (χ1n) is 7.33. The topological polar surface area (TPSA) is 115 Å². The van der Waals surface area contributed by atoms with Gasteiger partial charge in [-0.1, -0.05) is 30.3 Å². The lowest BCUT2D eigenvalue weighted by Gasteiger charge is -2.15. The summed E-state index contributed by atoms with van der Waals surface area (Å²) in [6.07, 6.45) is 0. The minimum Gasteiger partial charge on any atom is -0.442 e. The van der Waals surface area contributed by atoms with Crippen LogP contribution in [0, 0.1) is 0 Å². The third-order valence-electron chi connectivity index (χ3n) is 3.67. The summed E-state index contributed by atoms with van der Waals surface area (Å²) in [4.78, 5) is 23.8. The van der Waals surface area contributed by atoms with Crippen molar-refractivity contribution in [3.63, 3.8) is 0 Å². The summed E-state index contributed by atoms with van der Waals surface area (Å²) in [5.74, 6) is -2.96. The molecule has 1 heterocycles. The number of carbonyl (C=O) groups excluding carboxylic acids is 2. The lowest BCUT2D eigenvalue weighted by molar-refractivity contribution is -0.142. The summed E-state index contributed by atoms with van der Waals surface area (Å²) in [6, 6.07) is 12.9. The Morgan fingerprint density at radius 1 is 1.00 bits per heavy atom. The Morgan fingerprint density at radius 2 is 1.62 bits per heavy atom. The van der Waals surface area contributed by atoms with E-state index in [-0.39, 0.29) is 15.4 Å². The predicted octanol–water partition coefficient (Wildman–Crippen LogP) is 0.806. The van der Waals surface area contributed by atoms with Crippen LogP contribution in [0.2, 0.25) is 0 Å². The summed E-state index contributed by atoms with van der Waals surface area (Å²) >= 11 is 0. The molecule has 0 atom stereocenters. The van der Waals surface area contributed by atoms with E-state index in [2.05, 4.69) is 0 Å². The highest BCUT2D eigenvalue weighted by Crippen LogP contribution is 2.29. The quantitative estimate of drug-likeness (QED) is 0.688. The highest BCUT2D eigenvalue weighted by Gasteiger charge is 2.41. The van der Waals surface area contributed by atoms with Crippen LogP contribution in [0.5, 0.6) is 0 Å². The number of benzene rings is 2. The number of rotatable bonds is 5.